The molecule has 0 saturated carbocycles. The molecule has 1 amide bonds. The van der Waals surface area contributed by atoms with E-state index in [0.717, 1.165) is 22.4 Å². The highest BCUT2D eigenvalue weighted by atomic mass is 16.1. The van der Waals surface area contributed by atoms with Crippen LogP contribution in [0.4, 0.5) is 0 Å². The Bertz CT molecular complexity index is 560. The monoisotopic (exact) mass is 214 g/mol. The van der Waals surface area contributed by atoms with Crippen LogP contribution in [-0.2, 0) is 0 Å². The van der Waals surface area contributed by atoms with Gasteiger partial charge in [0.25, 0.3) is 5.91 Å². The smallest absolute Gasteiger partial charge is 0.252 e. The fourth-order valence-electron chi connectivity index (χ4n) is 2.04. The number of amides is 1. The summed E-state index contributed by atoms with van der Waals surface area (Å²) < 4.78 is 0. The molecule has 3 rings (SSSR count). The summed E-state index contributed by atoms with van der Waals surface area (Å²) in [7, 11) is 0. The van der Waals surface area contributed by atoms with Gasteiger partial charge in [0.05, 0.1) is 11.4 Å². The van der Waals surface area contributed by atoms with Gasteiger partial charge in [0.1, 0.15) is 0 Å². The van der Waals surface area contributed by atoms with E-state index in [2.05, 4.69) is 10.3 Å². The third-order valence-electron chi connectivity index (χ3n) is 2.75. The summed E-state index contributed by atoms with van der Waals surface area (Å²) in [6.07, 6.45) is 0. The molecule has 0 aromatic carbocycles. The number of hydrogen-bond acceptors (Lipinski definition) is 1. The molecule has 0 aromatic heterocycles. The van der Waals surface area contributed by atoms with Crippen molar-refractivity contribution in [1.29, 1.82) is 0 Å². The molecule has 0 fully saturated rings. The van der Waals surface area contributed by atoms with Crippen LogP contribution in [0, 0.1) is 0 Å². The van der Waals surface area contributed by atoms with Crippen LogP contribution in [0.5, 0.6) is 0 Å². The quantitative estimate of drug-likeness (QED) is 0.642. The minimum atomic E-state index is -0.193. The van der Waals surface area contributed by atoms with Crippen molar-refractivity contribution in [3.63, 3.8) is 0 Å². The SMILES string of the molecule is CC(C)(C)NC(=O)c1ccc2c3[nH]c-3cc1-2. The van der Waals surface area contributed by atoms with Crippen molar-refractivity contribution >= 4 is 5.91 Å². The van der Waals surface area contributed by atoms with Gasteiger partial charge in [-0.25, -0.2) is 0 Å². The zero-order valence-electron chi connectivity index (χ0n) is 9.64. The molecule has 0 aromatic rings. The van der Waals surface area contributed by atoms with Gasteiger partial charge < -0.3 is 10.3 Å². The summed E-state index contributed by atoms with van der Waals surface area (Å²) in [4.78, 5) is 15.2. The van der Waals surface area contributed by atoms with Gasteiger partial charge in [-0.1, -0.05) is 6.07 Å². The minimum Gasteiger partial charge on any atom is -0.352 e. The Labute approximate surface area is 94.2 Å². The first-order chi connectivity index (χ1) is 7.46. The lowest BCUT2D eigenvalue weighted by atomic mass is 10.1. The molecule has 82 valence electrons. The molecule has 0 radical (unpaired) electrons. The van der Waals surface area contributed by atoms with E-state index in [4.69, 9.17) is 0 Å². The van der Waals surface area contributed by atoms with Gasteiger partial charge in [0.2, 0.25) is 0 Å². The molecular formula is C13H14N2O. The Kier molecular flexibility index (Phi) is 1.58. The number of aromatic amines is 1. The zero-order chi connectivity index (χ0) is 11.5. The van der Waals surface area contributed by atoms with Crippen LogP contribution < -0.4 is 5.32 Å². The fourth-order valence-corrected chi connectivity index (χ4v) is 2.04. The Balaban J connectivity index is 1.94. The van der Waals surface area contributed by atoms with Crippen molar-refractivity contribution in [2.24, 2.45) is 0 Å². The number of H-pyrrole nitrogens is 1. The number of fused-ring (bicyclic) bond motifs is 3. The average Bonchev–Trinajstić information content (AvgIpc) is 2.64. The molecule has 2 N–H and O–H groups in total. The van der Waals surface area contributed by atoms with Gasteiger partial charge in [0.15, 0.2) is 0 Å². The number of carbonyl (C=O) groups excluding carboxylic acids is 1. The Morgan fingerprint density at radius 2 is 2.00 bits per heavy atom. The molecule has 1 aliphatic heterocycles. The van der Waals surface area contributed by atoms with Crippen molar-refractivity contribution < 1.29 is 4.79 Å². The van der Waals surface area contributed by atoms with E-state index in [1.165, 1.54) is 5.69 Å². The van der Waals surface area contributed by atoms with E-state index in [9.17, 15) is 4.79 Å². The second kappa shape index (κ2) is 2.67. The average molecular weight is 214 g/mol. The molecule has 0 saturated heterocycles. The maximum atomic E-state index is 12.0. The fraction of sp³-hybridized carbons (Fsp3) is 0.308. The number of nitrogens with one attached hydrogen (secondary N) is 2. The van der Waals surface area contributed by atoms with E-state index in [-0.39, 0.29) is 11.4 Å². The Morgan fingerprint density at radius 1 is 1.25 bits per heavy atom. The number of rotatable bonds is 1. The predicted molar refractivity (Wildman–Crippen MR) is 63.6 cm³/mol. The van der Waals surface area contributed by atoms with Crippen LogP contribution in [0.2, 0.25) is 0 Å². The topological polar surface area (TPSA) is 44.9 Å². The molecule has 3 heteroatoms. The molecule has 0 atom stereocenters. The first kappa shape index (κ1) is 9.46. The van der Waals surface area contributed by atoms with Crippen molar-refractivity contribution in [2.45, 2.75) is 26.3 Å². The summed E-state index contributed by atoms with van der Waals surface area (Å²) >= 11 is 0. The van der Waals surface area contributed by atoms with E-state index in [1.54, 1.807) is 0 Å². The second-order valence-electron chi connectivity index (χ2n) is 5.34. The first-order valence-electron chi connectivity index (χ1n) is 5.44. The van der Waals surface area contributed by atoms with Crippen molar-refractivity contribution in [3.8, 4) is 22.5 Å². The molecule has 3 aliphatic rings. The lowest BCUT2D eigenvalue weighted by Gasteiger charge is -2.20. The molecule has 16 heavy (non-hydrogen) atoms. The molecule has 0 unspecified atom stereocenters. The van der Waals surface area contributed by atoms with Gasteiger partial charge in [0, 0.05) is 16.7 Å². The standard InChI is InChI=1S/C13H14N2O/c1-13(2,3)15-12(16)8-5-4-7-9(8)6-10-11(7)14-10/h4-6,14H,1-3H3,(H,15,16). The van der Waals surface area contributed by atoms with Gasteiger partial charge in [-0.2, -0.15) is 0 Å². The third-order valence-corrected chi connectivity index (χ3v) is 2.75. The molecule has 0 spiro atoms. The van der Waals surface area contributed by atoms with Crippen molar-refractivity contribution in [1.82, 2.24) is 10.3 Å². The maximum absolute atomic E-state index is 12.0. The summed E-state index contributed by atoms with van der Waals surface area (Å²) in [5.41, 5.74) is 5.15. The van der Waals surface area contributed by atoms with Crippen molar-refractivity contribution in [3.05, 3.63) is 23.8 Å². The highest BCUT2D eigenvalue weighted by molar-refractivity contribution is 6.07. The lowest BCUT2D eigenvalue weighted by Crippen LogP contribution is -2.40. The number of hydrogen-bond donors (Lipinski definition) is 2. The predicted octanol–water partition coefficient (Wildman–Crippen LogP) is 2.63. The summed E-state index contributed by atoms with van der Waals surface area (Å²) in [5, 5.41) is 2.98. The Morgan fingerprint density at radius 3 is 2.69 bits per heavy atom. The van der Waals surface area contributed by atoms with Crippen LogP contribution in [0.15, 0.2) is 18.2 Å². The van der Waals surface area contributed by atoms with E-state index < -0.39 is 0 Å². The lowest BCUT2D eigenvalue weighted by molar-refractivity contribution is 0.0920. The number of carbonyl (C=O) groups is 1. The highest BCUT2D eigenvalue weighted by Crippen LogP contribution is 2.45. The van der Waals surface area contributed by atoms with Crippen LogP contribution >= 0.6 is 0 Å². The first-order valence-corrected chi connectivity index (χ1v) is 5.44. The highest BCUT2D eigenvalue weighted by Gasteiger charge is 2.28. The molecule has 1 heterocycles. The van der Waals surface area contributed by atoms with Crippen LogP contribution in [0.3, 0.4) is 0 Å². The summed E-state index contributed by atoms with van der Waals surface area (Å²) in [6, 6.07) is 5.94. The van der Waals surface area contributed by atoms with E-state index in [1.807, 2.05) is 39.0 Å². The third kappa shape index (κ3) is 1.32. The largest absolute Gasteiger partial charge is 0.352 e. The van der Waals surface area contributed by atoms with Crippen molar-refractivity contribution in [2.75, 3.05) is 0 Å². The van der Waals surface area contributed by atoms with Crippen LogP contribution in [-0.4, -0.2) is 16.4 Å². The van der Waals surface area contributed by atoms with E-state index in [0.29, 0.717) is 0 Å². The van der Waals surface area contributed by atoms with E-state index >= 15 is 0 Å². The van der Waals surface area contributed by atoms with Crippen LogP contribution in [0.25, 0.3) is 22.5 Å². The minimum absolute atomic E-state index is 0.00694. The molecule has 2 aliphatic carbocycles. The zero-order valence-corrected chi connectivity index (χ0v) is 9.64. The Hall–Kier alpha value is -1.77. The summed E-state index contributed by atoms with van der Waals surface area (Å²) in [6.45, 7) is 5.96. The number of aromatic nitrogens is 1. The normalized spacial score (nSPS) is 12.9. The number of pyridine rings is 1. The molecule has 0 bridgehead atoms. The van der Waals surface area contributed by atoms with Gasteiger partial charge in [-0.3, -0.25) is 4.79 Å². The van der Waals surface area contributed by atoms with Crippen LogP contribution in [0.1, 0.15) is 31.1 Å². The van der Waals surface area contributed by atoms with Gasteiger partial charge in [-0.15, -0.1) is 0 Å². The van der Waals surface area contributed by atoms with Gasteiger partial charge >= 0.3 is 0 Å². The second-order valence-corrected chi connectivity index (χ2v) is 5.34. The molecule has 3 nitrogen and oxygen atoms in total. The molecular weight excluding hydrogens is 200 g/mol. The maximum Gasteiger partial charge on any atom is 0.252 e. The van der Waals surface area contributed by atoms with Gasteiger partial charge in [-0.05, 0) is 38.5 Å². The summed E-state index contributed by atoms with van der Waals surface area (Å²) in [5.74, 6) is 0.00694.